The van der Waals surface area contributed by atoms with E-state index in [-0.39, 0.29) is 11.2 Å². The maximum atomic E-state index is 5.76. The second kappa shape index (κ2) is 13.3. The molecule has 4 aromatic carbocycles. The molecule has 274 valence electrons. The largest absolute Gasteiger partial charge is 0.295 e. The van der Waals surface area contributed by atoms with Crippen molar-refractivity contribution < 1.29 is 0 Å². The number of aromatic nitrogens is 3. The highest BCUT2D eigenvalue weighted by molar-refractivity contribution is 8.00. The molecule has 56 heavy (non-hydrogen) atoms. The quantitative estimate of drug-likeness (QED) is 0.151. The van der Waals surface area contributed by atoms with Crippen LogP contribution in [-0.2, 0) is 12.8 Å². The van der Waals surface area contributed by atoms with Crippen molar-refractivity contribution in [1.82, 2.24) is 14.5 Å². The van der Waals surface area contributed by atoms with E-state index in [4.69, 9.17) is 9.97 Å². The first kappa shape index (κ1) is 34.3. The van der Waals surface area contributed by atoms with Crippen LogP contribution >= 0.6 is 34.4 Å². The van der Waals surface area contributed by atoms with E-state index < -0.39 is 0 Å². The van der Waals surface area contributed by atoms with Crippen molar-refractivity contribution in [3.63, 3.8) is 0 Å². The molecule has 4 aromatic heterocycles. The Hall–Kier alpha value is -5.01. The Labute approximate surface area is 339 Å². The number of allylic oxidation sites excluding steroid dienone is 5. The Morgan fingerprint density at radius 1 is 0.929 bits per heavy atom. The van der Waals surface area contributed by atoms with Gasteiger partial charge in [-0.25, -0.2) is 9.97 Å². The predicted octanol–water partition coefficient (Wildman–Crippen LogP) is 14.6. The molecule has 0 radical (unpaired) electrons. The van der Waals surface area contributed by atoms with Gasteiger partial charge in [-0.15, -0.1) is 41.0 Å². The minimum atomic E-state index is 0.156. The van der Waals surface area contributed by atoms with Gasteiger partial charge in [0.05, 0.1) is 10.8 Å². The van der Waals surface area contributed by atoms with E-state index in [0.717, 1.165) is 47.5 Å². The summed E-state index contributed by atoms with van der Waals surface area (Å²) in [5.74, 6) is 1.59. The zero-order chi connectivity index (χ0) is 37.7. The Kier molecular flexibility index (Phi) is 8.13. The third kappa shape index (κ3) is 5.15. The monoisotopic (exact) mass is 779 g/mol. The summed E-state index contributed by atoms with van der Waals surface area (Å²) in [6.45, 7) is 10.8. The lowest BCUT2D eigenvalue weighted by Crippen LogP contribution is -2.16. The van der Waals surface area contributed by atoms with Crippen LogP contribution in [0.4, 0.5) is 0 Å². The molecule has 0 spiro atoms. The van der Waals surface area contributed by atoms with Gasteiger partial charge in [0.1, 0.15) is 16.0 Å². The van der Waals surface area contributed by atoms with Crippen LogP contribution in [0.3, 0.4) is 0 Å². The SMILES string of the molecule is C=CCCc1sc2nc(-n3c4c(c5ccccc53)C=C(/C=C\C(C)C)C3c5ccc6ccccc6c5SC43)c(-c3cccc4c5c(sc34)C=CCC5)nc2c1C. The summed E-state index contributed by atoms with van der Waals surface area (Å²) in [5, 5.41) is 5.40. The van der Waals surface area contributed by atoms with Crippen molar-refractivity contribution in [2.75, 3.05) is 0 Å². The van der Waals surface area contributed by atoms with Gasteiger partial charge in [0.2, 0.25) is 0 Å². The lowest BCUT2D eigenvalue weighted by molar-refractivity contribution is 0.745. The van der Waals surface area contributed by atoms with E-state index in [1.54, 1.807) is 11.3 Å². The molecule has 0 N–H and O–H groups in total. The fourth-order valence-corrected chi connectivity index (χ4v) is 13.4. The number of para-hydroxylation sites is 1. The first-order chi connectivity index (χ1) is 27.5. The van der Waals surface area contributed by atoms with Crippen LogP contribution in [0.2, 0.25) is 0 Å². The van der Waals surface area contributed by atoms with E-state index in [9.17, 15) is 0 Å². The Morgan fingerprint density at radius 2 is 1.77 bits per heavy atom. The molecule has 2 aliphatic carbocycles. The standard InChI is InChI=1S/C50H41N3S3/c1-5-6-21-40-29(4)43-50(55-40)52-49(44(51-43)37-19-13-18-35-34-17-10-12-22-41(34)54-47(35)37)53-39-20-11-9-16-33(39)38-27-31(24-23-28(2)3)42-36-26-25-30-14-7-8-15-32(30)46(36)56-48(42)45(38)53/h5,7-9,11-16,18-20,22-28,42,48H,1,6,10,17,21H2,2-4H3/b24-23-. The first-order valence-corrected chi connectivity index (χ1v) is 22.3. The summed E-state index contributed by atoms with van der Waals surface area (Å²) in [6.07, 6.45) is 18.0. The summed E-state index contributed by atoms with van der Waals surface area (Å²) in [7, 11) is 0. The number of fused-ring (bicyclic) bond motifs is 13. The molecule has 3 nitrogen and oxygen atoms in total. The normalized spacial score (nSPS) is 17.3. The minimum absolute atomic E-state index is 0.156. The predicted molar refractivity (Wildman–Crippen MR) is 243 cm³/mol. The topological polar surface area (TPSA) is 30.7 Å². The molecular weight excluding hydrogens is 739 g/mol. The summed E-state index contributed by atoms with van der Waals surface area (Å²) >= 11 is 5.75. The Balaban J connectivity index is 1.23. The van der Waals surface area contributed by atoms with Crippen molar-refractivity contribution >= 4 is 88.7 Å². The van der Waals surface area contributed by atoms with E-state index in [1.807, 2.05) is 29.2 Å². The molecule has 2 atom stereocenters. The number of benzene rings is 4. The molecular formula is C50H41N3S3. The number of rotatable bonds is 7. The third-order valence-corrected chi connectivity index (χ3v) is 15.8. The summed E-state index contributed by atoms with van der Waals surface area (Å²) in [4.78, 5) is 16.6. The van der Waals surface area contributed by atoms with E-state index >= 15 is 0 Å². The van der Waals surface area contributed by atoms with E-state index in [0.29, 0.717) is 5.92 Å². The van der Waals surface area contributed by atoms with Gasteiger partial charge >= 0.3 is 0 Å². The molecule has 0 saturated heterocycles. The highest BCUT2D eigenvalue weighted by Gasteiger charge is 2.44. The summed E-state index contributed by atoms with van der Waals surface area (Å²) in [5.41, 5.74) is 12.5. The van der Waals surface area contributed by atoms with Crippen molar-refractivity contribution in [1.29, 1.82) is 0 Å². The highest BCUT2D eigenvalue weighted by Crippen LogP contribution is 2.63. The highest BCUT2D eigenvalue weighted by atomic mass is 32.2. The maximum Gasteiger partial charge on any atom is 0.165 e. The molecule has 3 aliphatic rings. The van der Waals surface area contributed by atoms with Crippen LogP contribution < -0.4 is 0 Å². The maximum absolute atomic E-state index is 5.76. The van der Waals surface area contributed by atoms with Gasteiger partial charge in [0.25, 0.3) is 0 Å². The first-order valence-electron chi connectivity index (χ1n) is 19.8. The summed E-state index contributed by atoms with van der Waals surface area (Å²) in [6, 6.07) is 29.4. The molecule has 1 aliphatic heterocycles. The van der Waals surface area contributed by atoms with Crippen LogP contribution in [0.5, 0.6) is 0 Å². The molecule has 5 heterocycles. The molecule has 0 fully saturated rings. The average Bonchev–Trinajstić information content (AvgIpc) is 3.97. The fraction of sp³-hybridized carbons (Fsp3) is 0.200. The van der Waals surface area contributed by atoms with Crippen LogP contribution in [0.15, 0.2) is 120 Å². The second-order valence-corrected chi connectivity index (χ2v) is 19.0. The Bertz CT molecular complexity index is 3040. The smallest absolute Gasteiger partial charge is 0.165 e. The lowest BCUT2D eigenvalue weighted by atomic mass is 9.80. The van der Waals surface area contributed by atoms with Crippen LogP contribution in [0, 0.1) is 12.8 Å². The van der Waals surface area contributed by atoms with Gasteiger partial charge in [-0.1, -0.05) is 111 Å². The molecule has 8 aromatic rings. The number of thiophene rings is 2. The number of nitrogens with zero attached hydrogens (tertiary/aromatic N) is 3. The summed E-state index contributed by atoms with van der Waals surface area (Å²) < 4.78 is 3.83. The molecule has 2 unspecified atom stereocenters. The van der Waals surface area contributed by atoms with Gasteiger partial charge in [-0.05, 0) is 95.2 Å². The lowest BCUT2D eigenvalue weighted by Gasteiger charge is -2.28. The fourth-order valence-electron chi connectivity index (χ4n) is 9.27. The van der Waals surface area contributed by atoms with Crippen LogP contribution in [0.1, 0.15) is 75.6 Å². The average molecular weight is 780 g/mol. The van der Waals surface area contributed by atoms with Gasteiger partial charge in [0, 0.05) is 47.5 Å². The molecule has 11 rings (SSSR count). The van der Waals surface area contributed by atoms with Gasteiger partial charge in [0.15, 0.2) is 5.82 Å². The number of hydrogen-bond donors (Lipinski definition) is 0. The van der Waals surface area contributed by atoms with E-state index in [2.05, 4.69) is 141 Å². The second-order valence-electron chi connectivity index (χ2n) is 15.7. The van der Waals surface area contributed by atoms with Crippen molar-refractivity contribution in [2.24, 2.45) is 5.92 Å². The third-order valence-electron chi connectivity index (χ3n) is 11.9. The Morgan fingerprint density at radius 3 is 2.64 bits per heavy atom. The van der Waals surface area contributed by atoms with Crippen LogP contribution in [-0.4, -0.2) is 14.5 Å². The molecule has 0 saturated carbocycles. The van der Waals surface area contributed by atoms with Crippen molar-refractivity contribution in [2.45, 2.75) is 62.5 Å². The van der Waals surface area contributed by atoms with Crippen molar-refractivity contribution in [3.05, 3.63) is 153 Å². The zero-order valence-corrected chi connectivity index (χ0v) is 34.3. The minimum Gasteiger partial charge on any atom is -0.295 e. The number of hydrogen-bond acceptors (Lipinski definition) is 5. The van der Waals surface area contributed by atoms with E-state index in [1.165, 1.54) is 85.5 Å². The molecule has 0 amide bonds. The number of thioether (sulfide) groups is 1. The zero-order valence-electron chi connectivity index (χ0n) is 31.8. The molecule has 0 bridgehead atoms. The van der Waals surface area contributed by atoms with Gasteiger partial charge < -0.3 is 0 Å². The van der Waals surface area contributed by atoms with Crippen molar-refractivity contribution in [3.8, 4) is 17.1 Å². The number of aryl methyl sites for hydroxylation is 3. The van der Waals surface area contributed by atoms with Crippen LogP contribution in [0.25, 0.3) is 71.3 Å². The van der Waals surface area contributed by atoms with Gasteiger partial charge in [-0.3, -0.25) is 4.57 Å². The van der Waals surface area contributed by atoms with Gasteiger partial charge in [-0.2, -0.15) is 0 Å². The molecule has 6 heteroatoms.